The molecule has 0 N–H and O–H groups in total. The SMILES string of the molecule is CCN1C(=O)[C@@H]2[C@@H](C1=O)[C@@H]1c3ccccc3C=NN1[C@@H]2C(=O)c1ccc([N+](=O)[O-])cc1. The fourth-order valence-corrected chi connectivity index (χ4v) is 4.96. The van der Waals surface area contributed by atoms with Gasteiger partial charge in [0.15, 0.2) is 5.78 Å². The molecule has 9 heteroatoms. The predicted octanol–water partition coefficient (Wildman–Crippen LogP) is 2.17. The molecule has 9 nitrogen and oxygen atoms in total. The molecule has 0 aromatic heterocycles. The second-order valence-electron chi connectivity index (χ2n) is 7.78. The van der Waals surface area contributed by atoms with E-state index in [9.17, 15) is 24.5 Å². The highest BCUT2D eigenvalue weighted by Gasteiger charge is 2.64. The molecule has 3 aliphatic rings. The standard InChI is InChI=1S/C22H18N4O5/c1-2-24-21(28)16-17(22(24)29)19(20(27)12-7-9-14(10-8-12)26(30)31)25-18(16)15-6-4-3-5-13(15)11-23-25/h3-11,16-19H,2H2,1H3/t16-,17-,18+,19+/m1/s1. The third-order valence-corrected chi connectivity index (χ3v) is 6.33. The lowest BCUT2D eigenvalue weighted by Gasteiger charge is -2.33. The van der Waals surface area contributed by atoms with Crippen LogP contribution in [0.3, 0.4) is 0 Å². The molecule has 0 unspecified atom stereocenters. The number of benzene rings is 2. The minimum absolute atomic E-state index is 0.132. The Labute approximate surface area is 177 Å². The molecule has 4 atom stereocenters. The second-order valence-corrected chi connectivity index (χ2v) is 7.78. The number of nitro benzene ring substituents is 1. The van der Waals surface area contributed by atoms with Crippen molar-refractivity contribution in [1.29, 1.82) is 0 Å². The van der Waals surface area contributed by atoms with Crippen molar-refractivity contribution in [3.8, 4) is 0 Å². The van der Waals surface area contributed by atoms with Gasteiger partial charge in [-0.05, 0) is 30.2 Å². The van der Waals surface area contributed by atoms with Gasteiger partial charge in [-0.2, -0.15) is 5.10 Å². The largest absolute Gasteiger partial charge is 0.292 e. The van der Waals surface area contributed by atoms with E-state index in [1.165, 1.54) is 29.2 Å². The van der Waals surface area contributed by atoms with Gasteiger partial charge in [0, 0.05) is 24.2 Å². The summed E-state index contributed by atoms with van der Waals surface area (Å²) in [7, 11) is 0. The Balaban J connectivity index is 1.61. The molecule has 0 radical (unpaired) electrons. The van der Waals surface area contributed by atoms with Crippen molar-refractivity contribution in [2.75, 3.05) is 6.54 Å². The van der Waals surface area contributed by atoms with Crippen LogP contribution < -0.4 is 0 Å². The van der Waals surface area contributed by atoms with Crippen molar-refractivity contribution in [3.63, 3.8) is 0 Å². The Morgan fingerprint density at radius 3 is 2.42 bits per heavy atom. The van der Waals surface area contributed by atoms with E-state index in [0.29, 0.717) is 0 Å². The first-order valence-corrected chi connectivity index (χ1v) is 9.99. The van der Waals surface area contributed by atoms with Crippen molar-refractivity contribution in [1.82, 2.24) is 9.91 Å². The number of carbonyl (C=O) groups excluding carboxylic acids is 3. The number of imide groups is 1. The van der Waals surface area contributed by atoms with E-state index in [1.54, 1.807) is 18.1 Å². The summed E-state index contributed by atoms with van der Waals surface area (Å²) in [6.07, 6.45) is 1.63. The molecular formula is C22H18N4O5. The van der Waals surface area contributed by atoms with Gasteiger partial charge in [0.2, 0.25) is 11.8 Å². The lowest BCUT2D eigenvalue weighted by atomic mass is 9.83. The number of nitro groups is 1. The minimum Gasteiger partial charge on any atom is -0.292 e. The van der Waals surface area contributed by atoms with E-state index in [-0.39, 0.29) is 35.4 Å². The van der Waals surface area contributed by atoms with Gasteiger partial charge in [-0.25, -0.2) is 0 Å². The van der Waals surface area contributed by atoms with E-state index >= 15 is 0 Å². The van der Waals surface area contributed by atoms with Crippen LogP contribution >= 0.6 is 0 Å². The molecule has 0 spiro atoms. The number of fused-ring (bicyclic) bond motifs is 5. The van der Waals surface area contributed by atoms with E-state index in [4.69, 9.17) is 0 Å². The van der Waals surface area contributed by atoms with E-state index in [1.807, 2.05) is 24.3 Å². The fourth-order valence-electron chi connectivity index (χ4n) is 4.96. The predicted molar refractivity (Wildman–Crippen MR) is 109 cm³/mol. The summed E-state index contributed by atoms with van der Waals surface area (Å²) in [5, 5.41) is 17.0. The van der Waals surface area contributed by atoms with Crippen molar-refractivity contribution in [2.45, 2.75) is 19.0 Å². The fraction of sp³-hybridized carbons (Fsp3) is 0.273. The smallest absolute Gasteiger partial charge is 0.269 e. The Morgan fingerprint density at radius 2 is 1.74 bits per heavy atom. The van der Waals surface area contributed by atoms with Crippen LogP contribution in [0.1, 0.15) is 34.5 Å². The number of hydrazone groups is 1. The lowest BCUT2D eigenvalue weighted by molar-refractivity contribution is -0.384. The van der Waals surface area contributed by atoms with Crippen molar-refractivity contribution < 1.29 is 19.3 Å². The van der Waals surface area contributed by atoms with Gasteiger partial charge in [0.1, 0.15) is 6.04 Å². The molecule has 2 saturated heterocycles. The molecule has 0 saturated carbocycles. The van der Waals surface area contributed by atoms with Crippen LogP contribution in [0, 0.1) is 22.0 Å². The van der Waals surface area contributed by atoms with Gasteiger partial charge in [0.05, 0.1) is 29.0 Å². The Kier molecular flexibility index (Phi) is 4.21. The highest BCUT2D eigenvalue weighted by Crippen LogP contribution is 2.52. The Hall–Kier alpha value is -3.88. The van der Waals surface area contributed by atoms with Gasteiger partial charge in [-0.15, -0.1) is 0 Å². The van der Waals surface area contributed by atoms with Crippen molar-refractivity contribution in [3.05, 3.63) is 75.3 Å². The quantitative estimate of drug-likeness (QED) is 0.325. The zero-order valence-electron chi connectivity index (χ0n) is 16.5. The van der Waals surface area contributed by atoms with Crippen LogP contribution in [0.2, 0.25) is 0 Å². The third kappa shape index (κ3) is 2.62. The topological polar surface area (TPSA) is 113 Å². The number of carbonyl (C=O) groups is 3. The molecular weight excluding hydrogens is 400 g/mol. The zero-order valence-corrected chi connectivity index (χ0v) is 16.5. The number of non-ortho nitro benzene ring substituents is 1. The summed E-state index contributed by atoms with van der Waals surface area (Å²) >= 11 is 0. The lowest BCUT2D eigenvalue weighted by Crippen LogP contribution is -2.44. The molecule has 2 fully saturated rings. The first-order valence-electron chi connectivity index (χ1n) is 9.99. The number of nitrogens with zero attached hydrogens (tertiary/aromatic N) is 4. The Morgan fingerprint density at radius 1 is 1.06 bits per heavy atom. The molecule has 0 aliphatic carbocycles. The molecule has 2 amide bonds. The molecule has 2 aromatic carbocycles. The minimum atomic E-state index is -0.964. The maximum absolute atomic E-state index is 13.5. The molecule has 2 aromatic rings. The van der Waals surface area contributed by atoms with Gasteiger partial charge in [0.25, 0.3) is 5.69 Å². The summed E-state index contributed by atoms with van der Waals surface area (Å²) in [5.74, 6) is -2.62. The molecule has 31 heavy (non-hydrogen) atoms. The molecule has 0 bridgehead atoms. The number of Topliss-reactive ketones (excluding diaryl/α,β-unsaturated/α-hetero) is 1. The normalized spacial score (nSPS) is 26.0. The first-order chi connectivity index (χ1) is 14.9. The number of hydrogen-bond donors (Lipinski definition) is 0. The van der Waals surface area contributed by atoms with Crippen LogP contribution in [0.25, 0.3) is 0 Å². The van der Waals surface area contributed by atoms with Crippen LogP contribution in [0.4, 0.5) is 5.69 Å². The van der Waals surface area contributed by atoms with Crippen LogP contribution in [0.15, 0.2) is 53.6 Å². The number of amides is 2. The average molecular weight is 418 g/mol. The summed E-state index contributed by atoms with van der Waals surface area (Å²) in [6, 6.07) is 11.3. The summed E-state index contributed by atoms with van der Waals surface area (Å²) < 4.78 is 0. The zero-order chi connectivity index (χ0) is 21.9. The molecule has 5 rings (SSSR count). The maximum Gasteiger partial charge on any atom is 0.269 e. The van der Waals surface area contributed by atoms with Crippen molar-refractivity contribution in [2.24, 2.45) is 16.9 Å². The molecule has 3 aliphatic heterocycles. The first kappa shape index (κ1) is 19.1. The second kappa shape index (κ2) is 6.83. The number of likely N-dealkylation sites (tertiary alicyclic amines) is 1. The summed E-state index contributed by atoms with van der Waals surface area (Å²) in [4.78, 5) is 51.5. The van der Waals surface area contributed by atoms with Crippen molar-refractivity contribution >= 4 is 29.5 Å². The Bertz CT molecular complexity index is 1160. The molecule has 3 heterocycles. The maximum atomic E-state index is 13.5. The highest BCUT2D eigenvalue weighted by molar-refractivity contribution is 6.12. The third-order valence-electron chi connectivity index (χ3n) is 6.33. The number of hydrogen-bond acceptors (Lipinski definition) is 7. The van der Waals surface area contributed by atoms with Gasteiger partial charge in [-0.1, -0.05) is 24.3 Å². The van der Waals surface area contributed by atoms with E-state index in [2.05, 4.69) is 5.10 Å². The van der Waals surface area contributed by atoms with Gasteiger partial charge in [-0.3, -0.25) is 34.4 Å². The van der Waals surface area contributed by atoms with E-state index < -0.39 is 28.8 Å². The van der Waals surface area contributed by atoms with Crippen LogP contribution in [0.5, 0.6) is 0 Å². The monoisotopic (exact) mass is 418 g/mol. The van der Waals surface area contributed by atoms with Crippen LogP contribution in [-0.4, -0.2) is 51.2 Å². The summed E-state index contributed by atoms with van der Waals surface area (Å²) in [5.41, 5.74) is 1.80. The average Bonchev–Trinajstić information content (AvgIpc) is 3.25. The number of rotatable bonds is 4. The molecule has 156 valence electrons. The van der Waals surface area contributed by atoms with Crippen LogP contribution in [-0.2, 0) is 9.59 Å². The highest BCUT2D eigenvalue weighted by atomic mass is 16.6. The number of ketones is 1. The summed E-state index contributed by atoms with van der Waals surface area (Å²) in [6.45, 7) is 1.97. The van der Waals surface area contributed by atoms with E-state index in [0.717, 1.165) is 11.1 Å². The van der Waals surface area contributed by atoms with Gasteiger partial charge >= 0.3 is 0 Å². The van der Waals surface area contributed by atoms with Gasteiger partial charge < -0.3 is 0 Å².